The van der Waals surface area contributed by atoms with Crippen molar-refractivity contribution in [1.82, 2.24) is 0 Å². The van der Waals surface area contributed by atoms with Gasteiger partial charge in [0, 0.05) is 12.1 Å². The van der Waals surface area contributed by atoms with Crippen LogP contribution in [-0.2, 0) is 4.79 Å². The molecule has 4 nitrogen and oxygen atoms in total. The van der Waals surface area contributed by atoms with Crippen molar-refractivity contribution in [3.8, 4) is 0 Å². The zero-order chi connectivity index (χ0) is 15.7. The molecule has 22 heavy (non-hydrogen) atoms. The van der Waals surface area contributed by atoms with E-state index < -0.39 is 5.41 Å². The van der Waals surface area contributed by atoms with E-state index in [0.29, 0.717) is 6.42 Å². The first kappa shape index (κ1) is 14.3. The lowest BCUT2D eigenvalue weighted by atomic mass is 9.82. The average Bonchev–Trinajstić information content (AvgIpc) is 2.51. The molecule has 0 saturated carbocycles. The molecule has 1 amide bonds. The summed E-state index contributed by atoms with van der Waals surface area (Å²) in [4.78, 5) is 12.7. The molecular weight excluding hydrogens is 274 g/mol. The number of hydrogen-bond donors (Lipinski definition) is 1. The number of carbonyl (C=O) groups is 1. The zero-order valence-electron chi connectivity index (χ0n) is 12.8. The Kier molecular flexibility index (Phi) is 3.45. The lowest BCUT2D eigenvalue weighted by Crippen LogP contribution is -2.44. The van der Waals surface area contributed by atoms with E-state index in [1.165, 1.54) is 5.01 Å². The number of nitrogens with zero attached hydrogens (tertiary/aromatic N) is 2. The molecule has 0 aliphatic carbocycles. The van der Waals surface area contributed by atoms with Crippen LogP contribution in [0.25, 0.3) is 0 Å². The van der Waals surface area contributed by atoms with Crippen molar-refractivity contribution >= 4 is 23.0 Å². The molecule has 2 N–H and O–H groups in total. The fourth-order valence-electron chi connectivity index (χ4n) is 2.56. The third kappa shape index (κ3) is 2.60. The Morgan fingerprint density at radius 3 is 2.32 bits per heavy atom. The molecule has 1 aliphatic heterocycles. The van der Waals surface area contributed by atoms with Crippen molar-refractivity contribution in [1.29, 1.82) is 0 Å². The van der Waals surface area contributed by atoms with Gasteiger partial charge >= 0.3 is 0 Å². The van der Waals surface area contributed by atoms with Crippen LogP contribution in [0.4, 0.5) is 11.4 Å². The highest BCUT2D eigenvalue weighted by atomic mass is 16.2. The van der Waals surface area contributed by atoms with Gasteiger partial charge in [0.05, 0.1) is 16.8 Å². The molecule has 1 aliphatic rings. The molecule has 2 aromatic rings. The first-order valence-electron chi connectivity index (χ1n) is 7.30. The quantitative estimate of drug-likeness (QED) is 0.862. The third-order valence-electron chi connectivity index (χ3n) is 3.85. The fraction of sp³-hybridized carbons (Fsp3) is 0.222. The van der Waals surface area contributed by atoms with Gasteiger partial charge in [0.2, 0.25) is 0 Å². The number of carbonyl (C=O) groups excluding carboxylic acids is 1. The number of benzene rings is 2. The molecule has 0 saturated heterocycles. The van der Waals surface area contributed by atoms with E-state index >= 15 is 0 Å². The summed E-state index contributed by atoms with van der Waals surface area (Å²) >= 11 is 0. The lowest BCUT2D eigenvalue weighted by molar-refractivity contribution is -0.126. The Labute approximate surface area is 130 Å². The van der Waals surface area contributed by atoms with E-state index in [0.717, 1.165) is 22.6 Å². The van der Waals surface area contributed by atoms with Crippen LogP contribution >= 0.6 is 0 Å². The second-order valence-electron chi connectivity index (χ2n) is 6.18. The van der Waals surface area contributed by atoms with Crippen LogP contribution in [0.1, 0.15) is 25.8 Å². The topological polar surface area (TPSA) is 58.7 Å². The standard InChI is InChI=1S/C18H19N3O/c1-18(2)12-16(13-8-10-14(19)11-9-13)20-21(17(18)22)15-6-4-3-5-7-15/h3-11H,12,19H2,1-2H3. The van der Waals surface area contributed by atoms with Crippen LogP contribution in [0.3, 0.4) is 0 Å². The third-order valence-corrected chi connectivity index (χ3v) is 3.85. The first-order valence-corrected chi connectivity index (χ1v) is 7.30. The van der Waals surface area contributed by atoms with Crippen molar-refractivity contribution in [3.63, 3.8) is 0 Å². The second-order valence-corrected chi connectivity index (χ2v) is 6.18. The molecule has 0 unspecified atom stereocenters. The minimum Gasteiger partial charge on any atom is -0.399 e. The predicted molar refractivity (Wildman–Crippen MR) is 89.7 cm³/mol. The number of rotatable bonds is 2. The Morgan fingerprint density at radius 1 is 1.05 bits per heavy atom. The maximum Gasteiger partial charge on any atom is 0.253 e. The van der Waals surface area contributed by atoms with Crippen LogP contribution in [0.2, 0.25) is 0 Å². The smallest absolute Gasteiger partial charge is 0.253 e. The summed E-state index contributed by atoms with van der Waals surface area (Å²) in [7, 11) is 0. The molecule has 0 aromatic heterocycles. The molecule has 0 radical (unpaired) electrons. The van der Waals surface area contributed by atoms with Crippen LogP contribution in [0.5, 0.6) is 0 Å². The van der Waals surface area contributed by atoms with E-state index in [1.54, 1.807) is 0 Å². The Balaban J connectivity index is 2.06. The van der Waals surface area contributed by atoms with Gasteiger partial charge in [0.15, 0.2) is 0 Å². The number of anilines is 2. The number of nitrogen functional groups attached to an aromatic ring is 1. The lowest BCUT2D eigenvalue weighted by Gasteiger charge is -2.34. The average molecular weight is 293 g/mol. The number of hydrogen-bond acceptors (Lipinski definition) is 3. The van der Waals surface area contributed by atoms with Crippen molar-refractivity contribution in [2.45, 2.75) is 20.3 Å². The van der Waals surface area contributed by atoms with Crippen molar-refractivity contribution in [2.75, 3.05) is 10.7 Å². The summed E-state index contributed by atoms with van der Waals surface area (Å²) < 4.78 is 0. The molecule has 4 heteroatoms. The highest BCUT2D eigenvalue weighted by molar-refractivity contribution is 6.11. The van der Waals surface area contributed by atoms with Gasteiger partial charge in [-0.3, -0.25) is 4.79 Å². The number of hydrazone groups is 1. The highest BCUT2D eigenvalue weighted by Crippen LogP contribution is 2.33. The van der Waals surface area contributed by atoms with Gasteiger partial charge in [-0.2, -0.15) is 5.10 Å². The second kappa shape index (κ2) is 5.30. The zero-order valence-corrected chi connectivity index (χ0v) is 12.8. The summed E-state index contributed by atoms with van der Waals surface area (Å²) in [5.74, 6) is 0.0119. The van der Waals surface area contributed by atoms with Crippen LogP contribution in [0.15, 0.2) is 59.7 Å². The van der Waals surface area contributed by atoms with Crippen LogP contribution < -0.4 is 10.7 Å². The van der Waals surface area contributed by atoms with Gasteiger partial charge in [-0.1, -0.05) is 44.2 Å². The van der Waals surface area contributed by atoms with Crippen molar-refractivity contribution in [3.05, 3.63) is 60.2 Å². The van der Waals surface area contributed by atoms with Gasteiger partial charge in [-0.15, -0.1) is 0 Å². The fourth-order valence-corrected chi connectivity index (χ4v) is 2.56. The van der Waals surface area contributed by atoms with Crippen molar-refractivity contribution < 1.29 is 4.79 Å². The van der Waals surface area contributed by atoms with Gasteiger partial charge in [0.25, 0.3) is 5.91 Å². The summed E-state index contributed by atoms with van der Waals surface area (Å²) in [6, 6.07) is 17.1. The molecule has 2 aromatic carbocycles. The summed E-state index contributed by atoms with van der Waals surface area (Å²) in [5.41, 5.74) is 8.65. The minimum absolute atomic E-state index is 0.0119. The van der Waals surface area contributed by atoms with E-state index in [1.807, 2.05) is 68.4 Å². The monoisotopic (exact) mass is 293 g/mol. The molecule has 0 fully saturated rings. The minimum atomic E-state index is -0.492. The molecule has 112 valence electrons. The number of para-hydroxylation sites is 1. The first-order chi connectivity index (χ1) is 10.5. The Bertz CT molecular complexity index is 718. The molecule has 0 atom stereocenters. The Hall–Kier alpha value is -2.62. The van der Waals surface area contributed by atoms with Gasteiger partial charge in [-0.05, 0) is 29.8 Å². The maximum atomic E-state index is 12.7. The van der Waals surface area contributed by atoms with E-state index in [-0.39, 0.29) is 5.91 Å². The highest BCUT2D eigenvalue weighted by Gasteiger charge is 2.38. The van der Waals surface area contributed by atoms with Crippen LogP contribution in [-0.4, -0.2) is 11.6 Å². The van der Waals surface area contributed by atoms with E-state index in [2.05, 4.69) is 5.10 Å². The van der Waals surface area contributed by atoms with Gasteiger partial charge < -0.3 is 5.73 Å². The van der Waals surface area contributed by atoms with Crippen LogP contribution in [0, 0.1) is 5.41 Å². The molecule has 0 spiro atoms. The molecular formula is C18H19N3O. The normalized spacial score (nSPS) is 17.3. The predicted octanol–water partition coefficient (Wildman–Crippen LogP) is 3.44. The van der Waals surface area contributed by atoms with Crippen molar-refractivity contribution in [2.24, 2.45) is 10.5 Å². The van der Waals surface area contributed by atoms with E-state index in [4.69, 9.17) is 5.73 Å². The maximum absolute atomic E-state index is 12.7. The van der Waals surface area contributed by atoms with Gasteiger partial charge in [0.1, 0.15) is 0 Å². The summed E-state index contributed by atoms with van der Waals surface area (Å²) in [6.07, 6.45) is 0.610. The van der Waals surface area contributed by atoms with E-state index in [9.17, 15) is 4.79 Å². The number of nitrogens with two attached hydrogens (primary N) is 1. The summed E-state index contributed by atoms with van der Waals surface area (Å²) in [5, 5.41) is 6.10. The summed E-state index contributed by atoms with van der Waals surface area (Å²) in [6.45, 7) is 3.91. The molecule has 3 rings (SSSR count). The largest absolute Gasteiger partial charge is 0.399 e. The Morgan fingerprint density at radius 2 is 1.68 bits per heavy atom. The van der Waals surface area contributed by atoms with Gasteiger partial charge in [-0.25, -0.2) is 5.01 Å². The number of amides is 1. The molecule has 0 bridgehead atoms. The molecule has 1 heterocycles. The SMILES string of the molecule is CC1(C)CC(c2ccc(N)cc2)=NN(c2ccccc2)C1=O.